The summed E-state index contributed by atoms with van der Waals surface area (Å²) in [6.07, 6.45) is 1.52. The van der Waals surface area contributed by atoms with Crippen LogP contribution in [0.25, 0.3) is 10.9 Å². The number of benzene rings is 2. The number of fused-ring (bicyclic) bond motifs is 1. The molecule has 4 N–H and O–H groups in total. The number of carbonyl (C=O) groups excluding carboxylic acids is 1. The van der Waals surface area contributed by atoms with Gasteiger partial charge in [0.2, 0.25) is 0 Å². The van der Waals surface area contributed by atoms with Gasteiger partial charge in [0, 0.05) is 34.5 Å². The predicted molar refractivity (Wildman–Crippen MR) is 77.0 cm³/mol. The Morgan fingerprint density at radius 3 is 2.52 bits per heavy atom. The van der Waals surface area contributed by atoms with Gasteiger partial charge in [0.1, 0.15) is 11.6 Å². The highest BCUT2D eigenvalue weighted by atomic mass is 19.1. The van der Waals surface area contributed by atoms with Gasteiger partial charge in [0.25, 0.3) is 5.91 Å². The number of carbonyl (C=O) groups is 1. The van der Waals surface area contributed by atoms with Crippen molar-refractivity contribution in [2.75, 3.05) is 11.1 Å². The van der Waals surface area contributed by atoms with E-state index >= 15 is 0 Å². The van der Waals surface area contributed by atoms with Crippen molar-refractivity contribution in [3.63, 3.8) is 0 Å². The van der Waals surface area contributed by atoms with Crippen LogP contribution in [0.4, 0.5) is 20.2 Å². The summed E-state index contributed by atoms with van der Waals surface area (Å²) in [5, 5.41) is 3.14. The van der Waals surface area contributed by atoms with Crippen LogP contribution in [0.1, 0.15) is 10.4 Å². The molecule has 1 heterocycles. The highest BCUT2D eigenvalue weighted by molar-refractivity contribution is 6.13. The Hall–Kier alpha value is -2.89. The van der Waals surface area contributed by atoms with Crippen LogP contribution >= 0.6 is 0 Å². The van der Waals surface area contributed by atoms with Crippen LogP contribution in [-0.4, -0.2) is 10.9 Å². The van der Waals surface area contributed by atoms with Crippen molar-refractivity contribution in [3.05, 3.63) is 59.8 Å². The summed E-state index contributed by atoms with van der Waals surface area (Å²) in [5.41, 5.74) is 7.38. The number of nitrogens with one attached hydrogen (secondary N) is 2. The van der Waals surface area contributed by atoms with Crippen molar-refractivity contribution in [2.24, 2.45) is 0 Å². The molecule has 3 rings (SSSR count). The zero-order valence-electron chi connectivity index (χ0n) is 10.8. The number of halogens is 2. The standard InChI is InChI=1S/C15H11F2N3O/c16-8-3-9(17)5-11(4-8)20-15(21)13-7-19-14-6-10(18)1-2-12(13)14/h1-7,19H,18H2,(H,20,21). The van der Waals surface area contributed by atoms with Crippen molar-refractivity contribution < 1.29 is 13.6 Å². The van der Waals surface area contributed by atoms with Gasteiger partial charge in [-0.15, -0.1) is 0 Å². The molecule has 3 aromatic rings. The van der Waals surface area contributed by atoms with E-state index in [4.69, 9.17) is 5.73 Å². The zero-order valence-corrected chi connectivity index (χ0v) is 10.8. The Labute approximate surface area is 118 Å². The van der Waals surface area contributed by atoms with Gasteiger partial charge < -0.3 is 16.0 Å². The van der Waals surface area contributed by atoms with E-state index in [1.54, 1.807) is 18.2 Å². The number of H-pyrrole nitrogens is 1. The van der Waals surface area contributed by atoms with Crippen LogP contribution < -0.4 is 11.1 Å². The number of hydrogen-bond acceptors (Lipinski definition) is 2. The largest absolute Gasteiger partial charge is 0.399 e. The Bertz CT molecular complexity index is 822. The molecule has 106 valence electrons. The molecule has 0 fully saturated rings. The van der Waals surface area contributed by atoms with Gasteiger partial charge in [-0.1, -0.05) is 0 Å². The van der Waals surface area contributed by atoms with E-state index in [0.717, 1.165) is 18.2 Å². The number of hydrogen-bond donors (Lipinski definition) is 3. The maximum Gasteiger partial charge on any atom is 0.257 e. The molecule has 0 atom stereocenters. The van der Waals surface area contributed by atoms with Gasteiger partial charge in [-0.3, -0.25) is 4.79 Å². The van der Waals surface area contributed by atoms with Crippen molar-refractivity contribution >= 4 is 28.2 Å². The molecular formula is C15H11F2N3O. The summed E-state index contributed by atoms with van der Waals surface area (Å²) in [5.74, 6) is -1.97. The molecule has 0 radical (unpaired) electrons. The highest BCUT2D eigenvalue weighted by Gasteiger charge is 2.13. The minimum atomic E-state index is -0.753. The zero-order chi connectivity index (χ0) is 15.0. The van der Waals surface area contributed by atoms with Gasteiger partial charge in [-0.2, -0.15) is 0 Å². The molecule has 0 spiro atoms. The molecule has 0 bridgehead atoms. The second-order valence-corrected chi connectivity index (χ2v) is 4.62. The van der Waals surface area contributed by atoms with E-state index in [9.17, 15) is 13.6 Å². The lowest BCUT2D eigenvalue weighted by Gasteiger charge is -2.05. The summed E-state index contributed by atoms with van der Waals surface area (Å²) < 4.78 is 26.2. The minimum Gasteiger partial charge on any atom is -0.399 e. The lowest BCUT2D eigenvalue weighted by molar-refractivity contribution is 0.102. The fourth-order valence-electron chi connectivity index (χ4n) is 2.16. The second kappa shape index (κ2) is 4.90. The van der Waals surface area contributed by atoms with Crippen LogP contribution in [0.5, 0.6) is 0 Å². The maximum atomic E-state index is 13.1. The lowest BCUT2D eigenvalue weighted by atomic mass is 10.1. The quantitative estimate of drug-likeness (QED) is 0.633. The van der Waals surface area contributed by atoms with E-state index in [1.807, 2.05) is 0 Å². The summed E-state index contributed by atoms with van der Waals surface area (Å²) in [7, 11) is 0. The maximum absolute atomic E-state index is 13.1. The number of rotatable bonds is 2. The van der Waals surface area contributed by atoms with E-state index in [0.29, 0.717) is 22.2 Å². The number of anilines is 2. The average molecular weight is 287 g/mol. The molecule has 0 aliphatic rings. The smallest absolute Gasteiger partial charge is 0.257 e. The highest BCUT2D eigenvalue weighted by Crippen LogP contribution is 2.22. The molecule has 1 amide bonds. The van der Waals surface area contributed by atoms with Crippen molar-refractivity contribution in [3.8, 4) is 0 Å². The molecule has 0 saturated heterocycles. The Kier molecular flexibility index (Phi) is 3.06. The van der Waals surface area contributed by atoms with Gasteiger partial charge in [-0.25, -0.2) is 8.78 Å². The molecular weight excluding hydrogens is 276 g/mol. The molecule has 21 heavy (non-hydrogen) atoms. The molecule has 0 aliphatic carbocycles. The molecule has 4 nitrogen and oxygen atoms in total. The minimum absolute atomic E-state index is 0.0577. The van der Waals surface area contributed by atoms with E-state index in [1.165, 1.54) is 6.20 Å². The first-order valence-corrected chi connectivity index (χ1v) is 6.17. The van der Waals surface area contributed by atoms with Gasteiger partial charge in [0.05, 0.1) is 5.56 Å². The first-order valence-electron chi connectivity index (χ1n) is 6.17. The van der Waals surface area contributed by atoms with Crippen LogP contribution in [0, 0.1) is 11.6 Å². The molecule has 6 heteroatoms. The lowest BCUT2D eigenvalue weighted by Crippen LogP contribution is -2.11. The van der Waals surface area contributed by atoms with Gasteiger partial charge >= 0.3 is 0 Å². The third-order valence-corrected chi connectivity index (χ3v) is 3.07. The fraction of sp³-hybridized carbons (Fsp3) is 0. The van der Waals surface area contributed by atoms with E-state index in [-0.39, 0.29) is 5.69 Å². The van der Waals surface area contributed by atoms with Gasteiger partial charge in [0.15, 0.2) is 0 Å². The summed E-state index contributed by atoms with van der Waals surface area (Å²) in [6.45, 7) is 0. The van der Waals surface area contributed by atoms with Crippen LogP contribution in [0.2, 0.25) is 0 Å². The average Bonchev–Trinajstić information content (AvgIpc) is 2.80. The topological polar surface area (TPSA) is 70.9 Å². The number of amides is 1. The molecule has 0 saturated carbocycles. The van der Waals surface area contributed by atoms with Crippen LogP contribution in [-0.2, 0) is 0 Å². The van der Waals surface area contributed by atoms with Crippen molar-refractivity contribution in [1.82, 2.24) is 4.98 Å². The number of nitrogens with two attached hydrogens (primary N) is 1. The molecule has 2 aromatic carbocycles. The number of aromatic nitrogens is 1. The fourth-order valence-corrected chi connectivity index (χ4v) is 2.16. The van der Waals surface area contributed by atoms with E-state index < -0.39 is 17.5 Å². The second-order valence-electron chi connectivity index (χ2n) is 4.62. The summed E-state index contributed by atoms with van der Waals surface area (Å²) >= 11 is 0. The Morgan fingerprint density at radius 1 is 1.10 bits per heavy atom. The van der Waals surface area contributed by atoms with Crippen molar-refractivity contribution in [2.45, 2.75) is 0 Å². The Balaban J connectivity index is 1.93. The Morgan fingerprint density at radius 2 is 1.81 bits per heavy atom. The first kappa shape index (κ1) is 13.1. The predicted octanol–water partition coefficient (Wildman–Crippen LogP) is 3.28. The van der Waals surface area contributed by atoms with Crippen molar-refractivity contribution in [1.29, 1.82) is 0 Å². The molecule has 1 aromatic heterocycles. The van der Waals surface area contributed by atoms with Crippen LogP contribution in [0.15, 0.2) is 42.6 Å². The monoisotopic (exact) mass is 287 g/mol. The summed E-state index contributed by atoms with van der Waals surface area (Å²) in [4.78, 5) is 15.1. The third kappa shape index (κ3) is 2.55. The SMILES string of the molecule is Nc1ccc2c(C(=O)Nc3cc(F)cc(F)c3)c[nH]c2c1. The van der Waals surface area contributed by atoms with Crippen LogP contribution in [0.3, 0.4) is 0 Å². The molecule has 0 unspecified atom stereocenters. The number of aromatic amines is 1. The third-order valence-electron chi connectivity index (χ3n) is 3.07. The number of nitrogen functional groups attached to an aromatic ring is 1. The molecule has 0 aliphatic heterocycles. The van der Waals surface area contributed by atoms with Gasteiger partial charge in [-0.05, 0) is 30.3 Å². The normalized spacial score (nSPS) is 10.8. The van der Waals surface area contributed by atoms with E-state index in [2.05, 4.69) is 10.3 Å². The first-order chi connectivity index (χ1) is 10.0. The summed E-state index contributed by atoms with van der Waals surface area (Å²) in [6, 6.07) is 7.93.